The van der Waals surface area contributed by atoms with Gasteiger partial charge >= 0.3 is 0 Å². The van der Waals surface area contributed by atoms with Gasteiger partial charge in [0, 0.05) is 5.69 Å². The van der Waals surface area contributed by atoms with Gasteiger partial charge in [0.15, 0.2) is 11.5 Å². The van der Waals surface area contributed by atoms with Gasteiger partial charge in [-0.15, -0.1) is 0 Å². The summed E-state index contributed by atoms with van der Waals surface area (Å²) in [6, 6.07) is 9.19. The third-order valence-electron chi connectivity index (χ3n) is 4.90. The van der Waals surface area contributed by atoms with E-state index in [4.69, 9.17) is 9.47 Å². The molecule has 1 fully saturated rings. The van der Waals surface area contributed by atoms with Crippen LogP contribution >= 0.6 is 11.8 Å². The number of rotatable bonds is 7. The highest BCUT2D eigenvalue weighted by atomic mass is 32.2. The van der Waals surface area contributed by atoms with Crippen molar-refractivity contribution >= 4 is 40.6 Å². The van der Waals surface area contributed by atoms with E-state index >= 15 is 0 Å². The van der Waals surface area contributed by atoms with Crippen LogP contribution in [0.3, 0.4) is 0 Å². The summed E-state index contributed by atoms with van der Waals surface area (Å²) in [5.41, 5.74) is 4.34. The van der Waals surface area contributed by atoms with Crippen LogP contribution in [0.25, 0.3) is 6.08 Å². The van der Waals surface area contributed by atoms with Gasteiger partial charge in [-0.25, -0.2) is 0 Å². The van der Waals surface area contributed by atoms with Gasteiger partial charge in [0.1, 0.15) is 6.54 Å². The summed E-state index contributed by atoms with van der Waals surface area (Å²) >= 11 is 0.809. The Labute approximate surface area is 191 Å². The van der Waals surface area contributed by atoms with Gasteiger partial charge in [0.05, 0.1) is 18.6 Å². The lowest BCUT2D eigenvalue weighted by Gasteiger charge is -2.16. The quantitative estimate of drug-likeness (QED) is 0.611. The van der Waals surface area contributed by atoms with Gasteiger partial charge in [0.2, 0.25) is 5.91 Å². The van der Waals surface area contributed by atoms with Crippen LogP contribution in [0.4, 0.5) is 10.5 Å². The van der Waals surface area contributed by atoms with Gasteiger partial charge in [0.25, 0.3) is 11.1 Å². The molecule has 168 valence electrons. The Morgan fingerprint density at radius 3 is 2.41 bits per heavy atom. The third kappa shape index (κ3) is 5.13. The number of ether oxygens (including phenoxy) is 2. The van der Waals surface area contributed by atoms with Crippen molar-refractivity contribution < 1.29 is 23.9 Å². The fourth-order valence-electron chi connectivity index (χ4n) is 3.54. The monoisotopic (exact) mass is 454 g/mol. The minimum atomic E-state index is -0.499. The first-order valence-corrected chi connectivity index (χ1v) is 11.0. The maximum Gasteiger partial charge on any atom is 0.294 e. The number of imide groups is 1. The maximum atomic E-state index is 12.8. The van der Waals surface area contributed by atoms with Crippen molar-refractivity contribution in [2.24, 2.45) is 0 Å². The molecule has 0 unspecified atom stereocenters. The van der Waals surface area contributed by atoms with Crippen molar-refractivity contribution in [3.63, 3.8) is 0 Å². The molecule has 0 bridgehead atoms. The highest BCUT2D eigenvalue weighted by Crippen LogP contribution is 2.34. The number of benzene rings is 2. The second kappa shape index (κ2) is 9.91. The molecule has 0 radical (unpaired) electrons. The van der Waals surface area contributed by atoms with Gasteiger partial charge in [-0.3, -0.25) is 19.3 Å². The molecule has 0 aromatic heterocycles. The number of anilines is 1. The Morgan fingerprint density at radius 1 is 1.09 bits per heavy atom. The topological polar surface area (TPSA) is 84.9 Å². The number of nitrogens with zero attached hydrogens (tertiary/aromatic N) is 1. The van der Waals surface area contributed by atoms with Crippen molar-refractivity contribution in [1.82, 2.24) is 4.90 Å². The van der Waals surface area contributed by atoms with Crippen molar-refractivity contribution in [1.29, 1.82) is 0 Å². The minimum absolute atomic E-state index is 0.248. The predicted octanol–water partition coefficient (Wildman–Crippen LogP) is 4.69. The Bertz CT molecular complexity index is 1090. The molecular weight excluding hydrogens is 428 g/mol. The fraction of sp³-hybridized carbons (Fsp3) is 0.292. The predicted molar refractivity (Wildman–Crippen MR) is 126 cm³/mol. The number of hydrogen-bond acceptors (Lipinski definition) is 6. The smallest absolute Gasteiger partial charge is 0.294 e. The van der Waals surface area contributed by atoms with E-state index in [1.54, 1.807) is 31.4 Å². The second-order valence-electron chi connectivity index (χ2n) is 7.43. The molecule has 32 heavy (non-hydrogen) atoms. The molecule has 0 atom stereocenters. The normalized spacial score (nSPS) is 14.8. The summed E-state index contributed by atoms with van der Waals surface area (Å²) in [7, 11) is 1.55. The maximum absolute atomic E-state index is 12.8. The first-order valence-electron chi connectivity index (χ1n) is 10.2. The first kappa shape index (κ1) is 23.4. The number of hydrogen-bond donors (Lipinski definition) is 1. The summed E-state index contributed by atoms with van der Waals surface area (Å²) in [6.07, 6.45) is 1.61. The van der Waals surface area contributed by atoms with Crippen molar-refractivity contribution in [2.45, 2.75) is 27.7 Å². The Morgan fingerprint density at radius 2 is 1.78 bits per heavy atom. The molecular formula is C24H26N2O5S. The standard InChI is InChI=1S/C24H26N2O5S/c1-6-31-19-11-17(7-8-18(19)30-5)12-20-23(28)26(24(29)32-20)13-21(27)25-22-15(3)9-14(2)10-16(22)4/h7-12H,6,13H2,1-5H3,(H,25,27)/b20-12+. The summed E-state index contributed by atoms with van der Waals surface area (Å²) in [5.74, 6) is 0.203. The highest BCUT2D eigenvalue weighted by Gasteiger charge is 2.36. The average molecular weight is 455 g/mol. The van der Waals surface area contributed by atoms with Crippen LogP contribution in [0, 0.1) is 20.8 Å². The van der Waals surface area contributed by atoms with Crippen LogP contribution in [0.2, 0.25) is 0 Å². The number of carbonyl (C=O) groups is 3. The third-order valence-corrected chi connectivity index (χ3v) is 5.81. The van der Waals surface area contributed by atoms with E-state index in [0.717, 1.165) is 33.4 Å². The number of carbonyl (C=O) groups excluding carboxylic acids is 3. The molecule has 1 heterocycles. The molecule has 2 aromatic carbocycles. The summed E-state index contributed by atoms with van der Waals surface area (Å²) in [5, 5.41) is 2.35. The van der Waals surface area contributed by atoms with Crippen molar-refractivity contribution in [3.05, 3.63) is 57.5 Å². The van der Waals surface area contributed by atoms with E-state index in [9.17, 15) is 14.4 Å². The molecule has 0 spiro atoms. The largest absolute Gasteiger partial charge is 0.493 e. The van der Waals surface area contributed by atoms with Crippen LogP contribution in [0.1, 0.15) is 29.2 Å². The molecule has 2 aromatic rings. The summed E-state index contributed by atoms with van der Waals surface area (Å²) < 4.78 is 10.8. The SMILES string of the molecule is CCOc1cc(/C=C2/SC(=O)N(CC(=O)Nc3c(C)cc(C)cc3C)C2=O)ccc1OC. The zero-order valence-electron chi connectivity index (χ0n) is 18.8. The van der Waals surface area contributed by atoms with Crippen LogP contribution in [0.5, 0.6) is 11.5 Å². The lowest BCUT2D eigenvalue weighted by atomic mass is 10.1. The number of aryl methyl sites for hydroxylation is 3. The lowest BCUT2D eigenvalue weighted by Crippen LogP contribution is -2.36. The van der Waals surface area contributed by atoms with Crippen LogP contribution in [0.15, 0.2) is 35.2 Å². The molecule has 1 aliphatic rings. The second-order valence-corrected chi connectivity index (χ2v) is 8.43. The lowest BCUT2D eigenvalue weighted by molar-refractivity contribution is -0.127. The molecule has 3 amide bonds. The van der Waals surface area contributed by atoms with Gasteiger partial charge in [-0.1, -0.05) is 23.8 Å². The molecule has 0 aliphatic carbocycles. The van der Waals surface area contributed by atoms with Crippen LogP contribution in [-0.4, -0.2) is 42.2 Å². The zero-order chi connectivity index (χ0) is 23.4. The molecule has 8 heteroatoms. The van der Waals surface area contributed by atoms with E-state index < -0.39 is 17.1 Å². The number of thioether (sulfide) groups is 1. The van der Waals surface area contributed by atoms with E-state index in [1.165, 1.54) is 0 Å². The van der Waals surface area contributed by atoms with E-state index in [2.05, 4.69) is 5.32 Å². The number of amides is 3. The van der Waals surface area contributed by atoms with Gasteiger partial charge in [-0.2, -0.15) is 0 Å². The number of methoxy groups -OCH3 is 1. The Hall–Kier alpha value is -3.26. The van der Waals surface area contributed by atoms with Crippen LogP contribution < -0.4 is 14.8 Å². The summed E-state index contributed by atoms with van der Waals surface area (Å²) in [4.78, 5) is 39.0. The Kier molecular flexibility index (Phi) is 7.25. The first-order chi connectivity index (χ1) is 15.2. The van der Waals surface area contributed by atoms with E-state index in [1.807, 2.05) is 39.8 Å². The van der Waals surface area contributed by atoms with Gasteiger partial charge in [-0.05, 0) is 74.4 Å². The molecule has 7 nitrogen and oxygen atoms in total. The number of nitrogens with one attached hydrogen (secondary N) is 1. The van der Waals surface area contributed by atoms with E-state index in [-0.39, 0.29) is 11.4 Å². The molecule has 1 aliphatic heterocycles. The van der Waals surface area contributed by atoms with Crippen molar-refractivity contribution in [3.8, 4) is 11.5 Å². The molecule has 1 saturated heterocycles. The zero-order valence-corrected chi connectivity index (χ0v) is 19.6. The van der Waals surface area contributed by atoms with E-state index in [0.29, 0.717) is 29.4 Å². The minimum Gasteiger partial charge on any atom is -0.493 e. The summed E-state index contributed by atoms with van der Waals surface area (Å²) in [6.45, 7) is 7.78. The molecule has 3 rings (SSSR count). The van der Waals surface area contributed by atoms with Gasteiger partial charge < -0.3 is 14.8 Å². The molecule has 0 saturated carbocycles. The average Bonchev–Trinajstić information content (AvgIpc) is 2.98. The Balaban J connectivity index is 1.75. The van der Waals surface area contributed by atoms with Crippen LogP contribution in [-0.2, 0) is 9.59 Å². The highest BCUT2D eigenvalue weighted by molar-refractivity contribution is 8.18. The fourth-order valence-corrected chi connectivity index (χ4v) is 4.38. The molecule has 1 N–H and O–H groups in total. The van der Waals surface area contributed by atoms with Crippen molar-refractivity contribution in [2.75, 3.05) is 25.6 Å².